The number of benzene rings is 3. The largest absolute Gasteiger partial charge is 0.497 e. The van der Waals surface area contributed by atoms with Crippen molar-refractivity contribution in [1.29, 1.82) is 5.26 Å². The van der Waals surface area contributed by atoms with Gasteiger partial charge >= 0.3 is 5.97 Å². The summed E-state index contributed by atoms with van der Waals surface area (Å²) in [5.74, 6) is 1.47. The lowest BCUT2D eigenvalue weighted by molar-refractivity contribution is -0.139. The van der Waals surface area contributed by atoms with E-state index in [0.717, 1.165) is 5.56 Å². The molecule has 0 saturated heterocycles. The summed E-state index contributed by atoms with van der Waals surface area (Å²) in [5.41, 5.74) is 2.98. The molecule has 11 heteroatoms. The van der Waals surface area contributed by atoms with Crippen molar-refractivity contribution in [1.82, 2.24) is 4.57 Å². The second-order valence-electron chi connectivity index (χ2n) is 10.1. The van der Waals surface area contributed by atoms with Gasteiger partial charge in [0, 0.05) is 17.2 Å². The van der Waals surface area contributed by atoms with E-state index in [-0.39, 0.29) is 24.3 Å². The molecular formula is C35H33N3O7S. The van der Waals surface area contributed by atoms with Gasteiger partial charge in [-0.1, -0.05) is 35.6 Å². The third kappa shape index (κ3) is 6.39. The van der Waals surface area contributed by atoms with Crippen LogP contribution in [0, 0.1) is 11.3 Å². The Morgan fingerprint density at radius 1 is 1.00 bits per heavy atom. The third-order valence-electron chi connectivity index (χ3n) is 7.34. The molecule has 0 unspecified atom stereocenters. The summed E-state index contributed by atoms with van der Waals surface area (Å²) in [7, 11) is 3.07. The predicted octanol–water partition coefficient (Wildman–Crippen LogP) is 4.66. The van der Waals surface area contributed by atoms with Crippen LogP contribution in [0.15, 0.2) is 81.7 Å². The molecule has 4 aromatic rings. The summed E-state index contributed by atoms with van der Waals surface area (Å²) in [6.07, 6.45) is 1.76. The molecule has 3 aromatic carbocycles. The second-order valence-corrected chi connectivity index (χ2v) is 11.1. The Hall–Kier alpha value is -5.34. The van der Waals surface area contributed by atoms with E-state index in [9.17, 15) is 14.9 Å². The van der Waals surface area contributed by atoms with Crippen molar-refractivity contribution >= 4 is 23.4 Å². The first-order chi connectivity index (χ1) is 22.3. The molecule has 1 aliphatic heterocycles. The molecular weight excluding hydrogens is 606 g/mol. The highest BCUT2D eigenvalue weighted by atomic mass is 32.1. The number of hydrogen-bond donors (Lipinski definition) is 0. The summed E-state index contributed by atoms with van der Waals surface area (Å²) < 4.78 is 30.3. The number of nitriles is 1. The lowest BCUT2D eigenvalue weighted by atomic mass is 9.95. The van der Waals surface area contributed by atoms with Gasteiger partial charge in [-0.3, -0.25) is 9.36 Å². The van der Waals surface area contributed by atoms with Gasteiger partial charge in [0.1, 0.15) is 24.1 Å². The number of nitrogens with zero attached hydrogens (tertiary/aromatic N) is 3. The lowest BCUT2D eigenvalue weighted by Crippen LogP contribution is -2.40. The Balaban J connectivity index is 1.59. The van der Waals surface area contributed by atoms with Gasteiger partial charge in [-0.15, -0.1) is 0 Å². The number of ether oxygens (including phenoxy) is 5. The van der Waals surface area contributed by atoms with Gasteiger partial charge in [-0.2, -0.15) is 5.26 Å². The molecule has 0 fully saturated rings. The van der Waals surface area contributed by atoms with E-state index < -0.39 is 12.0 Å². The molecule has 0 spiro atoms. The van der Waals surface area contributed by atoms with Gasteiger partial charge in [-0.05, 0) is 62.7 Å². The maximum absolute atomic E-state index is 14.1. The van der Waals surface area contributed by atoms with Crippen molar-refractivity contribution in [2.75, 3.05) is 27.4 Å². The van der Waals surface area contributed by atoms with Gasteiger partial charge < -0.3 is 23.7 Å². The van der Waals surface area contributed by atoms with Crippen LogP contribution in [0.25, 0.3) is 6.08 Å². The minimum Gasteiger partial charge on any atom is -0.497 e. The van der Waals surface area contributed by atoms with E-state index in [4.69, 9.17) is 23.7 Å². The first kappa shape index (κ1) is 32.1. The SMILES string of the molecule is CCOC(=O)C1=C(C)N=c2s/c(=C/c3ccc(OCc4ccccc4C#N)c(OCC)c3)c(=O)n2[C@H]1c1ccc(OC)cc1OC. The molecule has 0 radical (unpaired) electrons. The highest BCUT2D eigenvalue weighted by Crippen LogP contribution is 2.37. The maximum Gasteiger partial charge on any atom is 0.338 e. The number of allylic oxidation sites excluding steroid dienone is 1. The van der Waals surface area contributed by atoms with Gasteiger partial charge in [-0.25, -0.2) is 9.79 Å². The van der Waals surface area contributed by atoms with Crippen LogP contribution >= 0.6 is 11.3 Å². The fraction of sp³-hybridized carbons (Fsp3) is 0.257. The topological polar surface area (TPSA) is 121 Å². The molecule has 0 bridgehead atoms. The lowest BCUT2D eigenvalue weighted by Gasteiger charge is -2.26. The van der Waals surface area contributed by atoms with Gasteiger partial charge in [0.2, 0.25) is 0 Å². The van der Waals surface area contributed by atoms with E-state index in [1.165, 1.54) is 23.0 Å². The van der Waals surface area contributed by atoms with Crippen LogP contribution in [0.2, 0.25) is 0 Å². The molecule has 46 heavy (non-hydrogen) atoms. The number of rotatable bonds is 11. The highest BCUT2D eigenvalue weighted by molar-refractivity contribution is 7.07. The fourth-order valence-electron chi connectivity index (χ4n) is 5.19. The number of esters is 1. The van der Waals surface area contributed by atoms with Crippen LogP contribution < -0.4 is 33.8 Å². The summed E-state index contributed by atoms with van der Waals surface area (Å²) >= 11 is 1.22. The van der Waals surface area contributed by atoms with Crippen molar-refractivity contribution in [3.05, 3.63) is 114 Å². The molecule has 5 rings (SSSR count). The molecule has 0 amide bonds. The maximum atomic E-state index is 14.1. The van der Waals surface area contributed by atoms with Crippen molar-refractivity contribution in [3.8, 4) is 29.1 Å². The highest BCUT2D eigenvalue weighted by Gasteiger charge is 2.35. The average molecular weight is 640 g/mol. The van der Waals surface area contributed by atoms with Crippen LogP contribution in [-0.2, 0) is 16.1 Å². The van der Waals surface area contributed by atoms with Crippen LogP contribution in [0.1, 0.15) is 49.1 Å². The Morgan fingerprint density at radius 2 is 1.80 bits per heavy atom. The normalized spacial score (nSPS) is 14.2. The van der Waals surface area contributed by atoms with Gasteiger partial charge in [0.15, 0.2) is 16.3 Å². The number of thiazole rings is 1. The van der Waals surface area contributed by atoms with Gasteiger partial charge in [0.25, 0.3) is 5.56 Å². The van der Waals surface area contributed by atoms with Crippen molar-refractivity contribution in [2.45, 2.75) is 33.4 Å². The molecule has 236 valence electrons. The molecule has 0 N–H and O–H groups in total. The zero-order valence-corrected chi connectivity index (χ0v) is 27.0. The monoisotopic (exact) mass is 639 g/mol. The summed E-state index contributed by atoms with van der Waals surface area (Å²) in [4.78, 5) is 32.5. The number of carbonyl (C=O) groups is 1. The van der Waals surface area contributed by atoms with E-state index in [1.54, 1.807) is 69.5 Å². The van der Waals surface area contributed by atoms with Crippen LogP contribution in [0.4, 0.5) is 0 Å². The second kappa shape index (κ2) is 14.2. The summed E-state index contributed by atoms with van der Waals surface area (Å²) in [6, 6.07) is 19.2. The zero-order valence-electron chi connectivity index (χ0n) is 26.2. The quantitative estimate of drug-likeness (QED) is 0.217. The standard InChI is InChI=1S/C35H33N3O7S/c1-6-43-29-16-22(12-15-27(29)45-20-24-11-9-8-10-23(24)19-36)17-30-33(39)38-32(26-14-13-25(41-4)18-28(26)42-5)31(34(40)44-7-2)21(3)37-35(38)46-30/h8-18,32H,6-7,20H2,1-5H3/b30-17+/t32-/m0/s1. The van der Waals surface area contributed by atoms with Crippen molar-refractivity contribution in [2.24, 2.45) is 4.99 Å². The Morgan fingerprint density at radius 3 is 2.52 bits per heavy atom. The molecule has 1 aromatic heterocycles. The minimum absolute atomic E-state index is 0.166. The molecule has 0 saturated carbocycles. The Kier molecular flexibility index (Phi) is 9.88. The van der Waals surface area contributed by atoms with Crippen LogP contribution in [-0.4, -0.2) is 38.0 Å². The average Bonchev–Trinajstić information content (AvgIpc) is 3.37. The van der Waals surface area contributed by atoms with Crippen molar-refractivity contribution < 1.29 is 28.5 Å². The summed E-state index contributed by atoms with van der Waals surface area (Å²) in [6.45, 7) is 6.09. The van der Waals surface area contributed by atoms with E-state index in [1.807, 2.05) is 25.1 Å². The predicted molar refractivity (Wildman–Crippen MR) is 173 cm³/mol. The van der Waals surface area contributed by atoms with Crippen LogP contribution in [0.5, 0.6) is 23.0 Å². The molecule has 2 heterocycles. The van der Waals surface area contributed by atoms with Gasteiger partial charge in [0.05, 0.1) is 54.9 Å². The van der Waals surface area contributed by atoms with Crippen molar-refractivity contribution in [3.63, 3.8) is 0 Å². The molecule has 10 nitrogen and oxygen atoms in total. The number of carbonyl (C=O) groups excluding carboxylic acids is 1. The minimum atomic E-state index is -0.843. The first-order valence-electron chi connectivity index (χ1n) is 14.6. The Bertz CT molecular complexity index is 2040. The molecule has 1 aliphatic rings. The van der Waals surface area contributed by atoms with E-state index in [0.29, 0.717) is 61.3 Å². The number of aromatic nitrogens is 1. The smallest absolute Gasteiger partial charge is 0.338 e. The Labute approximate surface area is 270 Å². The first-order valence-corrected chi connectivity index (χ1v) is 15.4. The summed E-state index contributed by atoms with van der Waals surface area (Å²) in [5, 5.41) is 9.42. The molecule has 1 atom stereocenters. The number of hydrogen-bond acceptors (Lipinski definition) is 10. The fourth-order valence-corrected chi connectivity index (χ4v) is 6.24. The number of methoxy groups -OCH3 is 2. The van der Waals surface area contributed by atoms with Crippen LogP contribution in [0.3, 0.4) is 0 Å². The third-order valence-corrected chi connectivity index (χ3v) is 8.32. The molecule has 0 aliphatic carbocycles. The zero-order chi connectivity index (χ0) is 32.8. The number of fused-ring (bicyclic) bond motifs is 1. The van der Waals surface area contributed by atoms with E-state index >= 15 is 0 Å². The van der Waals surface area contributed by atoms with E-state index in [2.05, 4.69) is 11.1 Å².